The number of hydrogen-bond donors (Lipinski definition) is 1. The van der Waals surface area contributed by atoms with E-state index < -0.39 is 18.0 Å². The van der Waals surface area contributed by atoms with Crippen LogP contribution in [0.15, 0.2) is 24.3 Å². The maximum Gasteiger partial charge on any atom is 0.308 e. The molecule has 0 radical (unpaired) electrons. The Balaban J connectivity index is 1.92. The third-order valence-corrected chi connectivity index (χ3v) is 3.53. The van der Waals surface area contributed by atoms with Crippen LogP contribution >= 0.6 is 0 Å². The van der Waals surface area contributed by atoms with Gasteiger partial charge in [0.25, 0.3) is 5.91 Å². The first-order chi connectivity index (χ1) is 9.47. The van der Waals surface area contributed by atoms with Crippen molar-refractivity contribution in [1.29, 1.82) is 0 Å². The lowest BCUT2D eigenvalue weighted by atomic mass is 10.1. The van der Waals surface area contributed by atoms with Crippen molar-refractivity contribution in [3.63, 3.8) is 0 Å². The largest absolute Gasteiger partial charge is 0.481 e. The van der Waals surface area contributed by atoms with Crippen molar-refractivity contribution in [3.05, 3.63) is 29.8 Å². The Hall–Kier alpha value is -2.04. The number of carbonyl (C=O) groups is 2. The van der Waals surface area contributed by atoms with Crippen LogP contribution < -0.4 is 4.74 Å². The zero-order valence-electron chi connectivity index (χ0n) is 11.7. The molecule has 0 saturated carbocycles. The minimum absolute atomic E-state index is 0.158. The van der Waals surface area contributed by atoms with Crippen molar-refractivity contribution in [3.8, 4) is 5.75 Å². The highest BCUT2D eigenvalue weighted by molar-refractivity contribution is 5.82. The summed E-state index contributed by atoms with van der Waals surface area (Å²) in [4.78, 5) is 24.7. The summed E-state index contributed by atoms with van der Waals surface area (Å²) < 4.78 is 5.60. The third kappa shape index (κ3) is 3.29. The van der Waals surface area contributed by atoms with E-state index in [4.69, 9.17) is 9.84 Å². The molecule has 2 rings (SSSR count). The van der Waals surface area contributed by atoms with E-state index in [2.05, 4.69) is 0 Å². The van der Waals surface area contributed by atoms with E-state index in [1.54, 1.807) is 11.8 Å². The van der Waals surface area contributed by atoms with Gasteiger partial charge in [-0.15, -0.1) is 0 Å². The van der Waals surface area contributed by atoms with Crippen LogP contribution in [-0.4, -0.2) is 41.1 Å². The highest BCUT2D eigenvalue weighted by Crippen LogP contribution is 2.19. The van der Waals surface area contributed by atoms with Crippen LogP contribution in [0.5, 0.6) is 5.75 Å². The second-order valence-electron chi connectivity index (χ2n) is 5.18. The monoisotopic (exact) mass is 277 g/mol. The molecule has 1 aliphatic rings. The van der Waals surface area contributed by atoms with E-state index in [0.717, 1.165) is 5.56 Å². The molecule has 2 atom stereocenters. The summed E-state index contributed by atoms with van der Waals surface area (Å²) in [5, 5.41) is 8.94. The number of likely N-dealkylation sites (tertiary alicyclic amines) is 1. The van der Waals surface area contributed by atoms with Crippen molar-refractivity contribution in [2.24, 2.45) is 5.92 Å². The third-order valence-electron chi connectivity index (χ3n) is 3.53. The summed E-state index contributed by atoms with van der Waals surface area (Å²) in [6.45, 7) is 4.43. The summed E-state index contributed by atoms with van der Waals surface area (Å²) in [5.74, 6) is -0.808. The van der Waals surface area contributed by atoms with Crippen LogP contribution in [0.4, 0.5) is 0 Å². The first-order valence-corrected chi connectivity index (χ1v) is 6.72. The van der Waals surface area contributed by atoms with Gasteiger partial charge in [-0.3, -0.25) is 9.59 Å². The molecule has 1 heterocycles. The van der Waals surface area contributed by atoms with Crippen molar-refractivity contribution in [2.45, 2.75) is 26.4 Å². The van der Waals surface area contributed by atoms with Crippen molar-refractivity contribution >= 4 is 11.9 Å². The van der Waals surface area contributed by atoms with Crippen LogP contribution in [0.3, 0.4) is 0 Å². The molecule has 5 nitrogen and oxygen atoms in total. The Labute approximate surface area is 118 Å². The average Bonchev–Trinajstić information content (AvgIpc) is 2.90. The molecule has 1 aromatic rings. The van der Waals surface area contributed by atoms with Crippen molar-refractivity contribution < 1.29 is 19.4 Å². The lowest BCUT2D eigenvalue weighted by Crippen LogP contribution is -2.39. The van der Waals surface area contributed by atoms with Crippen LogP contribution in [-0.2, 0) is 9.59 Å². The number of ether oxygens (including phenoxy) is 1. The van der Waals surface area contributed by atoms with Gasteiger partial charge in [-0.05, 0) is 32.4 Å². The van der Waals surface area contributed by atoms with Gasteiger partial charge in [-0.2, -0.15) is 0 Å². The molecule has 0 spiro atoms. The number of rotatable bonds is 4. The summed E-state index contributed by atoms with van der Waals surface area (Å²) in [7, 11) is 0. The van der Waals surface area contributed by atoms with Gasteiger partial charge in [0.1, 0.15) is 5.75 Å². The molecule has 108 valence electrons. The van der Waals surface area contributed by atoms with Gasteiger partial charge in [0, 0.05) is 13.1 Å². The summed E-state index contributed by atoms with van der Waals surface area (Å²) in [6.07, 6.45) is -0.0940. The number of hydrogen-bond acceptors (Lipinski definition) is 3. The maximum atomic E-state index is 12.2. The van der Waals surface area contributed by atoms with Crippen molar-refractivity contribution in [1.82, 2.24) is 4.90 Å². The second-order valence-corrected chi connectivity index (χ2v) is 5.18. The molecule has 0 bridgehead atoms. The van der Waals surface area contributed by atoms with Crippen molar-refractivity contribution in [2.75, 3.05) is 13.1 Å². The Bertz CT molecular complexity index is 497. The number of aliphatic carboxylic acids is 1. The van der Waals surface area contributed by atoms with E-state index in [1.807, 2.05) is 31.2 Å². The molecular formula is C15H19NO4. The summed E-state index contributed by atoms with van der Waals surface area (Å²) >= 11 is 0. The minimum Gasteiger partial charge on any atom is -0.481 e. The van der Waals surface area contributed by atoms with Crippen LogP contribution in [0, 0.1) is 12.8 Å². The topological polar surface area (TPSA) is 66.8 Å². The Morgan fingerprint density at radius 2 is 2.00 bits per heavy atom. The number of aryl methyl sites for hydroxylation is 1. The SMILES string of the molecule is Cc1ccc(O[C@H](C)C(=O)N2CC[C@@H](C(=O)O)C2)cc1. The van der Waals surface area contributed by atoms with Gasteiger partial charge in [-0.25, -0.2) is 0 Å². The number of benzene rings is 1. The number of carbonyl (C=O) groups excluding carboxylic acids is 1. The molecule has 5 heteroatoms. The molecule has 0 aliphatic carbocycles. The van der Waals surface area contributed by atoms with Gasteiger partial charge in [0.05, 0.1) is 5.92 Å². The lowest BCUT2D eigenvalue weighted by molar-refractivity contribution is -0.142. The number of carboxylic acid groups (broad SMARTS) is 1. The van der Waals surface area contributed by atoms with Crippen LogP contribution in [0.1, 0.15) is 18.9 Å². The highest BCUT2D eigenvalue weighted by atomic mass is 16.5. The quantitative estimate of drug-likeness (QED) is 0.909. The Morgan fingerprint density at radius 3 is 2.55 bits per heavy atom. The Kier molecular flexibility index (Phi) is 4.27. The molecular weight excluding hydrogens is 258 g/mol. The van der Waals surface area contributed by atoms with Gasteiger partial charge >= 0.3 is 5.97 Å². The fourth-order valence-corrected chi connectivity index (χ4v) is 2.29. The zero-order chi connectivity index (χ0) is 14.7. The molecule has 0 unspecified atom stereocenters. The fraction of sp³-hybridized carbons (Fsp3) is 0.467. The highest BCUT2D eigenvalue weighted by Gasteiger charge is 2.33. The molecule has 1 amide bonds. The Morgan fingerprint density at radius 1 is 1.35 bits per heavy atom. The average molecular weight is 277 g/mol. The maximum absolute atomic E-state index is 12.2. The molecule has 1 N–H and O–H groups in total. The molecule has 1 aliphatic heterocycles. The van der Waals surface area contributed by atoms with Gasteiger partial charge in [0.2, 0.25) is 0 Å². The number of carboxylic acids is 1. The van der Waals surface area contributed by atoms with Gasteiger partial charge in [-0.1, -0.05) is 17.7 Å². The first kappa shape index (κ1) is 14.4. The lowest BCUT2D eigenvalue weighted by Gasteiger charge is -2.21. The minimum atomic E-state index is -0.840. The molecule has 1 saturated heterocycles. The predicted molar refractivity (Wildman–Crippen MR) is 73.6 cm³/mol. The smallest absolute Gasteiger partial charge is 0.308 e. The number of nitrogens with zero attached hydrogens (tertiary/aromatic N) is 1. The summed E-state index contributed by atoms with van der Waals surface area (Å²) in [5.41, 5.74) is 1.13. The van der Waals surface area contributed by atoms with Gasteiger partial charge < -0.3 is 14.7 Å². The second kappa shape index (κ2) is 5.94. The summed E-state index contributed by atoms with van der Waals surface area (Å²) in [6, 6.07) is 7.48. The van der Waals surface area contributed by atoms with Crippen LogP contribution in [0.2, 0.25) is 0 Å². The molecule has 1 fully saturated rings. The first-order valence-electron chi connectivity index (χ1n) is 6.72. The van der Waals surface area contributed by atoms with E-state index >= 15 is 0 Å². The number of amides is 1. The molecule has 1 aromatic carbocycles. The standard InChI is InChI=1S/C15H19NO4/c1-10-3-5-13(6-4-10)20-11(2)14(17)16-8-7-12(9-16)15(18)19/h3-6,11-12H,7-9H2,1-2H3,(H,18,19)/t11-,12-/m1/s1. The molecule has 20 heavy (non-hydrogen) atoms. The van der Waals surface area contributed by atoms with E-state index in [-0.39, 0.29) is 12.5 Å². The van der Waals surface area contributed by atoms with E-state index in [1.165, 1.54) is 0 Å². The zero-order valence-corrected chi connectivity index (χ0v) is 11.7. The predicted octanol–water partition coefficient (Wildman–Crippen LogP) is 1.70. The van der Waals surface area contributed by atoms with Crippen LogP contribution in [0.25, 0.3) is 0 Å². The normalized spacial score (nSPS) is 19.7. The fourth-order valence-electron chi connectivity index (χ4n) is 2.29. The van der Waals surface area contributed by atoms with E-state index in [0.29, 0.717) is 18.7 Å². The molecule has 0 aromatic heterocycles. The van der Waals surface area contributed by atoms with Gasteiger partial charge in [0.15, 0.2) is 6.10 Å². The van der Waals surface area contributed by atoms with E-state index in [9.17, 15) is 9.59 Å².